The van der Waals surface area contributed by atoms with E-state index in [1.165, 1.54) is 5.56 Å². The molecular weight excluding hydrogens is 279 g/mol. The zero-order valence-corrected chi connectivity index (χ0v) is 12.9. The molecule has 0 amide bonds. The topological polar surface area (TPSA) is 21.3 Å². The first-order chi connectivity index (χ1) is 9.66. The van der Waals surface area contributed by atoms with Crippen molar-refractivity contribution < 1.29 is 17.9 Å². The Morgan fingerprint density at radius 1 is 1.00 bits per heavy atom. The van der Waals surface area contributed by atoms with Gasteiger partial charge in [-0.15, -0.1) is 0 Å². The average molecular weight is 303 g/mol. The molecule has 0 unspecified atom stereocenters. The van der Waals surface area contributed by atoms with Crippen LogP contribution in [0.4, 0.5) is 13.2 Å². The Hall–Kier alpha value is -1.07. The highest BCUT2D eigenvalue weighted by molar-refractivity contribution is 5.22. The molecule has 1 N–H and O–H groups in total. The van der Waals surface area contributed by atoms with Crippen molar-refractivity contribution in [2.75, 3.05) is 6.61 Å². The number of ether oxygens (including phenoxy) is 1. The second-order valence-corrected chi connectivity index (χ2v) is 6.19. The Morgan fingerprint density at radius 3 is 2.10 bits per heavy atom. The van der Waals surface area contributed by atoms with Crippen molar-refractivity contribution in [3.8, 4) is 0 Å². The van der Waals surface area contributed by atoms with Crippen molar-refractivity contribution in [2.24, 2.45) is 0 Å². The largest absolute Gasteiger partial charge is 0.389 e. The fourth-order valence-electron chi connectivity index (χ4n) is 1.69. The number of rotatable bonds is 7. The molecule has 21 heavy (non-hydrogen) atoms. The van der Waals surface area contributed by atoms with E-state index >= 15 is 0 Å². The van der Waals surface area contributed by atoms with Gasteiger partial charge >= 0.3 is 6.18 Å². The number of benzene rings is 1. The third-order valence-corrected chi connectivity index (χ3v) is 2.86. The third-order valence-electron chi connectivity index (χ3n) is 2.86. The van der Waals surface area contributed by atoms with Crippen LogP contribution in [-0.2, 0) is 17.9 Å². The highest BCUT2D eigenvalue weighted by Gasteiger charge is 2.25. The van der Waals surface area contributed by atoms with E-state index in [-0.39, 0.29) is 18.6 Å². The van der Waals surface area contributed by atoms with Crippen LogP contribution in [0.1, 0.15) is 44.7 Å². The van der Waals surface area contributed by atoms with Crippen LogP contribution in [0, 0.1) is 0 Å². The standard InChI is InChI=1S/C16H24F3NO/c1-15(2,3)20-11-13-5-7-14(8-6-13)12-21-10-4-9-16(17,18)19/h5-8,20H,4,9-12H2,1-3H3. The van der Waals surface area contributed by atoms with Gasteiger partial charge in [0.1, 0.15) is 0 Å². The van der Waals surface area contributed by atoms with E-state index in [0.717, 1.165) is 12.1 Å². The third kappa shape index (κ3) is 9.47. The number of hydrogen-bond acceptors (Lipinski definition) is 2. The predicted octanol–water partition coefficient (Wildman–Crippen LogP) is 4.43. The summed E-state index contributed by atoms with van der Waals surface area (Å²) in [5.41, 5.74) is 2.22. The summed E-state index contributed by atoms with van der Waals surface area (Å²) in [6.07, 6.45) is -4.87. The molecule has 5 heteroatoms. The molecular formula is C16H24F3NO. The zero-order valence-electron chi connectivity index (χ0n) is 12.9. The van der Waals surface area contributed by atoms with Gasteiger partial charge in [-0.25, -0.2) is 0 Å². The van der Waals surface area contributed by atoms with E-state index in [1.807, 2.05) is 24.3 Å². The van der Waals surface area contributed by atoms with Gasteiger partial charge in [-0.2, -0.15) is 13.2 Å². The molecule has 1 rings (SSSR count). The Balaban J connectivity index is 2.25. The van der Waals surface area contributed by atoms with Crippen molar-refractivity contribution in [1.82, 2.24) is 5.32 Å². The lowest BCUT2D eigenvalue weighted by Gasteiger charge is -2.20. The van der Waals surface area contributed by atoms with E-state index in [9.17, 15) is 13.2 Å². The van der Waals surface area contributed by atoms with Gasteiger partial charge < -0.3 is 10.1 Å². The maximum Gasteiger partial charge on any atom is 0.389 e. The Kier molecular flexibility index (Phi) is 6.68. The molecule has 0 saturated heterocycles. The Bertz CT molecular complexity index is 407. The summed E-state index contributed by atoms with van der Waals surface area (Å²) in [5.74, 6) is 0. The monoisotopic (exact) mass is 303 g/mol. The summed E-state index contributed by atoms with van der Waals surface area (Å²) in [6.45, 7) is 7.59. The van der Waals surface area contributed by atoms with Crippen molar-refractivity contribution in [3.63, 3.8) is 0 Å². The van der Waals surface area contributed by atoms with Crippen LogP contribution in [0.25, 0.3) is 0 Å². The van der Waals surface area contributed by atoms with Crippen molar-refractivity contribution in [1.29, 1.82) is 0 Å². The number of nitrogens with one attached hydrogen (secondary N) is 1. The van der Waals surface area contributed by atoms with Gasteiger partial charge in [0.2, 0.25) is 0 Å². The zero-order chi connectivity index (χ0) is 15.9. The summed E-state index contributed by atoms with van der Waals surface area (Å²) < 4.78 is 41.1. The molecule has 1 aromatic carbocycles. The van der Waals surface area contributed by atoms with Gasteiger partial charge in [-0.05, 0) is 38.3 Å². The molecule has 0 spiro atoms. The van der Waals surface area contributed by atoms with Crippen molar-refractivity contribution >= 4 is 0 Å². The SMILES string of the molecule is CC(C)(C)NCc1ccc(COCCCC(F)(F)F)cc1. The van der Waals surface area contributed by atoms with Gasteiger partial charge in [-0.3, -0.25) is 0 Å². The Morgan fingerprint density at radius 2 is 1.57 bits per heavy atom. The average Bonchev–Trinajstić information content (AvgIpc) is 2.35. The highest BCUT2D eigenvalue weighted by atomic mass is 19.4. The van der Waals surface area contributed by atoms with Crippen LogP contribution >= 0.6 is 0 Å². The molecule has 0 bridgehead atoms. The van der Waals surface area contributed by atoms with Crippen LogP contribution in [0.15, 0.2) is 24.3 Å². The molecule has 120 valence electrons. The van der Waals surface area contributed by atoms with E-state index in [1.54, 1.807) is 0 Å². The molecule has 0 aliphatic heterocycles. The molecule has 2 nitrogen and oxygen atoms in total. The van der Waals surface area contributed by atoms with E-state index in [0.29, 0.717) is 6.61 Å². The van der Waals surface area contributed by atoms with E-state index in [2.05, 4.69) is 26.1 Å². The van der Waals surface area contributed by atoms with Gasteiger partial charge in [0.15, 0.2) is 0 Å². The maximum absolute atomic E-state index is 11.9. The molecule has 0 heterocycles. The molecule has 1 aromatic rings. The highest BCUT2D eigenvalue weighted by Crippen LogP contribution is 2.21. The summed E-state index contributed by atoms with van der Waals surface area (Å²) in [7, 11) is 0. The molecule has 0 fully saturated rings. The van der Waals surface area contributed by atoms with Crippen LogP contribution in [-0.4, -0.2) is 18.3 Å². The Labute approximate surface area is 124 Å². The minimum atomic E-state index is -4.09. The molecule has 0 aliphatic rings. The molecule has 0 saturated carbocycles. The lowest BCUT2D eigenvalue weighted by Crippen LogP contribution is -2.35. The summed E-state index contributed by atoms with van der Waals surface area (Å²) in [5, 5.41) is 3.39. The smallest absolute Gasteiger partial charge is 0.377 e. The van der Waals surface area contributed by atoms with Gasteiger partial charge in [0, 0.05) is 25.1 Å². The number of hydrogen-bond donors (Lipinski definition) is 1. The first-order valence-electron chi connectivity index (χ1n) is 7.13. The molecule has 0 aliphatic carbocycles. The fourth-order valence-corrected chi connectivity index (χ4v) is 1.69. The van der Waals surface area contributed by atoms with Crippen molar-refractivity contribution in [2.45, 2.75) is 58.5 Å². The van der Waals surface area contributed by atoms with Gasteiger partial charge in [0.25, 0.3) is 0 Å². The first kappa shape index (κ1) is 18.0. The fraction of sp³-hybridized carbons (Fsp3) is 0.625. The minimum absolute atomic E-state index is 0.0110. The van der Waals surface area contributed by atoms with E-state index < -0.39 is 12.6 Å². The summed E-state index contributed by atoms with van der Waals surface area (Å²) in [6, 6.07) is 7.91. The molecule has 0 aromatic heterocycles. The predicted molar refractivity (Wildman–Crippen MR) is 78.0 cm³/mol. The minimum Gasteiger partial charge on any atom is -0.377 e. The second kappa shape index (κ2) is 7.80. The van der Waals surface area contributed by atoms with Crippen LogP contribution < -0.4 is 5.32 Å². The maximum atomic E-state index is 11.9. The quantitative estimate of drug-likeness (QED) is 0.752. The van der Waals surface area contributed by atoms with Crippen molar-refractivity contribution in [3.05, 3.63) is 35.4 Å². The normalized spacial score (nSPS) is 12.7. The molecule has 0 radical (unpaired) electrons. The first-order valence-corrected chi connectivity index (χ1v) is 7.13. The molecule has 0 atom stereocenters. The summed E-state index contributed by atoms with van der Waals surface area (Å²) >= 11 is 0. The second-order valence-electron chi connectivity index (χ2n) is 6.19. The number of halogens is 3. The van der Waals surface area contributed by atoms with E-state index in [4.69, 9.17) is 4.74 Å². The lowest BCUT2D eigenvalue weighted by atomic mass is 10.1. The van der Waals surface area contributed by atoms with Crippen LogP contribution in [0.5, 0.6) is 0 Å². The lowest BCUT2D eigenvalue weighted by molar-refractivity contribution is -0.138. The number of alkyl halides is 3. The van der Waals surface area contributed by atoms with Crippen LogP contribution in [0.3, 0.4) is 0 Å². The van der Waals surface area contributed by atoms with Crippen LogP contribution in [0.2, 0.25) is 0 Å². The van der Waals surface area contributed by atoms with Gasteiger partial charge in [0.05, 0.1) is 6.61 Å². The van der Waals surface area contributed by atoms with Gasteiger partial charge in [-0.1, -0.05) is 24.3 Å². The summed E-state index contributed by atoms with van der Waals surface area (Å²) in [4.78, 5) is 0.